The lowest BCUT2D eigenvalue weighted by Gasteiger charge is -2.34. The van der Waals surface area contributed by atoms with Crippen LogP contribution in [0.15, 0.2) is 30.3 Å². The molecule has 0 saturated carbocycles. The van der Waals surface area contributed by atoms with E-state index in [4.69, 9.17) is 9.47 Å². The highest BCUT2D eigenvalue weighted by molar-refractivity contribution is 5.70. The van der Waals surface area contributed by atoms with Gasteiger partial charge in [-0.05, 0) is 44.3 Å². The van der Waals surface area contributed by atoms with E-state index in [1.54, 1.807) is 0 Å². The summed E-state index contributed by atoms with van der Waals surface area (Å²) >= 11 is 0. The van der Waals surface area contributed by atoms with Gasteiger partial charge < -0.3 is 9.47 Å². The molecule has 2 saturated heterocycles. The van der Waals surface area contributed by atoms with Crippen LogP contribution in [-0.4, -0.2) is 43.3 Å². The summed E-state index contributed by atoms with van der Waals surface area (Å²) in [5.41, 5.74) is 1.21. The van der Waals surface area contributed by atoms with E-state index >= 15 is 0 Å². The van der Waals surface area contributed by atoms with E-state index in [1.807, 2.05) is 18.2 Å². The highest BCUT2D eigenvalue weighted by Gasteiger charge is 2.26. The quantitative estimate of drug-likeness (QED) is 0.755. The zero-order valence-corrected chi connectivity index (χ0v) is 13.8. The average Bonchev–Trinajstić information content (AvgIpc) is 3.13. The van der Waals surface area contributed by atoms with E-state index in [2.05, 4.69) is 17.0 Å². The smallest absolute Gasteiger partial charge is 0.307 e. The SMILES string of the molecule is O=C(C[C@@H](c1ccccc1)N1CCCCC1)OC[C@@H]1CCCO1. The van der Waals surface area contributed by atoms with Crippen molar-refractivity contribution in [1.82, 2.24) is 4.90 Å². The van der Waals surface area contributed by atoms with Gasteiger partial charge in [0, 0.05) is 12.6 Å². The molecule has 0 aliphatic carbocycles. The molecule has 0 aromatic heterocycles. The third-order valence-electron chi connectivity index (χ3n) is 4.83. The van der Waals surface area contributed by atoms with Crippen LogP contribution in [0.2, 0.25) is 0 Å². The lowest BCUT2D eigenvalue weighted by molar-refractivity contribution is -0.148. The van der Waals surface area contributed by atoms with Crippen LogP contribution in [0.4, 0.5) is 0 Å². The highest BCUT2D eigenvalue weighted by atomic mass is 16.6. The van der Waals surface area contributed by atoms with Gasteiger partial charge in [-0.2, -0.15) is 0 Å². The van der Waals surface area contributed by atoms with E-state index in [0.717, 1.165) is 32.5 Å². The minimum atomic E-state index is -0.111. The predicted octanol–water partition coefficient (Wildman–Crippen LogP) is 3.33. The van der Waals surface area contributed by atoms with Crippen molar-refractivity contribution in [1.29, 1.82) is 0 Å². The molecule has 23 heavy (non-hydrogen) atoms. The summed E-state index contributed by atoms with van der Waals surface area (Å²) in [5, 5.41) is 0. The Morgan fingerprint density at radius 1 is 1.17 bits per heavy atom. The summed E-state index contributed by atoms with van der Waals surface area (Å²) in [6.07, 6.45) is 6.33. The lowest BCUT2D eigenvalue weighted by atomic mass is 9.99. The summed E-state index contributed by atoms with van der Waals surface area (Å²) < 4.78 is 11.0. The number of esters is 1. The average molecular weight is 317 g/mol. The van der Waals surface area contributed by atoms with Crippen molar-refractivity contribution in [3.8, 4) is 0 Å². The predicted molar refractivity (Wildman–Crippen MR) is 89.2 cm³/mol. The normalized spacial score (nSPS) is 23.6. The van der Waals surface area contributed by atoms with Crippen LogP contribution in [0.25, 0.3) is 0 Å². The molecule has 0 unspecified atom stereocenters. The largest absolute Gasteiger partial charge is 0.463 e. The number of hydrogen-bond donors (Lipinski definition) is 0. The molecule has 0 amide bonds. The van der Waals surface area contributed by atoms with E-state index in [9.17, 15) is 4.79 Å². The first-order chi connectivity index (χ1) is 11.3. The maximum Gasteiger partial charge on any atom is 0.307 e. The topological polar surface area (TPSA) is 38.8 Å². The fourth-order valence-electron chi connectivity index (χ4n) is 3.54. The van der Waals surface area contributed by atoms with Crippen LogP contribution in [0, 0.1) is 0 Å². The summed E-state index contributed by atoms with van der Waals surface area (Å²) in [6.45, 7) is 3.33. The molecule has 4 heteroatoms. The molecule has 0 spiro atoms. The van der Waals surface area contributed by atoms with Gasteiger partial charge in [0.25, 0.3) is 0 Å². The molecule has 2 atom stereocenters. The molecule has 4 nitrogen and oxygen atoms in total. The summed E-state index contributed by atoms with van der Waals surface area (Å²) in [5.74, 6) is -0.111. The Labute approximate surface area is 138 Å². The van der Waals surface area contributed by atoms with Crippen molar-refractivity contribution < 1.29 is 14.3 Å². The lowest BCUT2D eigenvalue weighted by Crippen LogP contribution is -2.35. The second-order valence-corrected chi connectivity index (χ2v) is 6.55. The van der Waals surface area contributed by atoms with Gasteiger partial charge in [0.05, 0.1) is 12.5 Å². The van der Waals surface area contributed by atoms with Crippen molar-refractivity contribution in [2.45, 2.75) is 50.7 Å². The van der Waals surface area contributed by atoms with Gasteiger partial charge in [0.1, 0.15) is 6.61 Å². The highest BCUT2D eigenvalue weighted by Crippen LogP contribution is 2.28. The fraction of sp³-hybridized carbons (Fsp3) is 0.632. The van der Waals surface area contributed by atoms with Gasteiger partial charge in [-0.1, -0.05) is 36.8 Å². The number of piperidine rings is 1. The van der Waals surface area contributed by atoms with Crippen molar-refractivity contribution in [3.05, 3.63) is 35.9 Å². The number of carbonyl (C=O) groups is 1. The molecule has 0 radical (unpaired) electrons. The van der Waals surface area contributed by atoms with Crippen LogP contribution in [0.3, 0.4) is 0 Å². The van der Waals surface area contributed by atoms with E-state index in [1.165, 1.54) is 24.8 Å². The van der Waals surface area contributed by atoms with Crippen molar-refractivity contribution in [3.63, 3.8) is 0 Å². The van der Waals surface area contributed by atoms with Crippen LogP contribution < -0.4 is 0 Å². The molecule has 126 valence electrons. The molecule has 1 aromatic carbocycles. The number of rotatable bonds is 6. The third kappa shape index (κ3) is 4.79. The molecule has 3 rings (SSSR count). The van der Waals surface area contributed by atoms with E-state index in [0.29, 0.717) is 13.0 Å². The first-order valence-corrected chi connectivity index (χ1v) is 8.89. The second kappa shape index (κ2) is 8.46. The monoisotopic (exact) mass is 317 g/mol. The number of nitrogens with zero attached hydrogens (tertiary/aromatic N) is 1. The minimum absolute atomic E-state index is 0.101. The molecule has 2 fully saturated rings. The van der Waals surface area contributed by atoms with E-state index < -0.39 is 0 Å². The molecule has 0 bridgehead atoms. The molecule has 2 aliphatic rings. The van der Waals surface area contributed by atoms with Crippen LogP contribution >= 0.6 is 0 Å². The number of likely N-dealkylation sites (tertiary alicyclic amines) is 1. The van der Waals surface area contributed by atoms with Crippen LogP contribution in [0.5, 0.6) is 0 Å². The van der Waals surface area contributed by atoms with E-state index in [-0.39, 0.29) is 18.1 Å². The first-order valence-electron chi connectivity index (χ1n) is 8.89. The van der Waals surface area contributed by atoms with Crippen LogP contribution in [-0.2, 0) is 14.3 Å². The molecule has 2 heterocycles. The van der Waals surface area contributed by atoms with Gasteiger partial charge in [0.15, 0.2) is 0 Å². The Balaban J connectivity index is 1.59. The van der Waals surface area contributed by atoms with Crippen LogP contribution in [0.1, 0.15) is 50.1 Å². The molecule has 2 aliphatic heterocycles. The van der Waals surface area contributed by atoms with Gasteiger partial charge in [-0.3, -0.25) is 9.69 Å². The Morgan fingerprint density at radius 3 is 2.65 bits per heavy atom. The molecule has 1 aromatic rings. The van der Waals surface area contributed by atoms with Gasteiger partial charge >= 0.3 is 5.97 Å². The number of carbonyl (C=O) groups excluding carboxylic acids is 1. The fourth-order valence-corrected chi connectivity index (χ4v) is 3.54. The second-order valence-electron chi connectivity index (χ2n) is 6.55. The Hall–Kier alpha value is -1.39. The molecular weight excluding hydrogens is 290 g/mol. The zero-order chi connectivity index (χ0) is 15.9. The van der Waals surface area contributed by atoms with Gasteiger partial charge in [-0.25, -0.2) is 0 Å². The summed E-state index contributed by atoms with van der Waals surface area (Å²) in [7, 11) is 0. The van der Waals surface area contributed by atoms with Crippen molar-refractivity contribution in [2.75, 3.05) is 26.3 Å². The zero-order valence-electron chi connectivity index (χ0n) is 13.8. The Morgan fingerprint density at radius 2 is 1.96 bits per heavy atom. The van der Waals surface area contributed by atoms with Gasteiger partial charge in [0.2, 0.25) is 0 Å². The number of benzene rings is 1. The minimum Gasteiger partial charge on any atom is -0.463 e. The maximum absolute atomic E-state index is 12.3. The number of hydrogen-bond acceptors (Lipinski definition) is 4. The summed E-state index contributed by atoms with van der Waals surface area (Å²) in [4.78, 5) is 14.8. The standard InChI is InChI=1S/C19H27NO3/c21-19(23-15-17-10-7-13-22-17)14-18(16-8-3-1-4-9-16)20-11-5-2-6-12-20/h1,3-4,8-9,17-18H,2,5-7,10-15H2/t17-,18-/m0/s1. The van der Waals surface area contributed by atoms with Crippen molar-refractivity contribution >= 4 is 5.97 Å². The first kappa shape index (κ1) is 16.5. The molecule has 0 N–H and O–H groups in total. The number of ether oxygens (including phenoxy) is 2. The summed E-state index contributed by atoms with van der Waals surface area (Å²) in [6, 6.07) is 10.5. The van der Waals surface area contributed by atoms with Crippen molar-refractivity contribution in [2.24, 2.45) is 0 Å². The Bertz CT molecular complexity index is 479. The maximum atomic E-state index is 12.3. The van der Waals surface area contributed by atoms with Gasteiger partial charge in [-0.15, -0.1) is 0 Å². The molecular formula is C19H27NO3. The Kier molecular flexibility index (Phi) is 6.06. The third-order valence-corrected chi connectivity index (χ3v) is 4.83.